The first-order valence-corrected chi connectivity index (χ1v) is 9.87. The third-order valence-corrected chi connectivity index (χ3v) is 7.36. The van der Waals surface area contributed by atoms with Gasteiger partial charge in [-0.05, 0) is 58.8 Å². The zero-order valence-electron chi connectivity index (χ0n) is 13.2. The molecule has 24 heavy (non-hydrogen) atoms. The molecule has 0 unspecified atom stereocenters. The molecule has 0 N–H and O–H groups in total. The second kappa shape index (κ2) is 7.24. The molecule has 2 nitrogen and oxygen atoms in total. The van der Waals surface area contributed by atoms with Gasteiger partial charge < -0.3 is 4.18 Å². The fraction of sp³-hybridized carbons (Fsp3) is 0.0500. The van der Waals surface area contributed by atoms with Crippen LogP contribution in [0.1, 0.15) is 6.92 Å². The molecule has 0 amide bonds. The van der Waals surface area contributed by atoms with Crippen LogP contribution < -0.4 is 0 Å². The second-order valence-corrected chi connectivity index (χ2v) is 8.82. The summed E-state index contributed by atoms with van der Waals surface area (Å²) >= 11 is 3.48. The number of carbonyl (C=O) groups is 1. The maximum Gasteiger partial charge on any atom is 0.313 e. The van der Waals surface area contributed by atoms with Gasteiger partial charge in [0.15, 0.2) is 0 Å². The van der Waals surface area contributed by atoms with E-state index in [1.54, 1.807) is 0 Å². The maximum atomic E-state index is 12.0. The smallest absolute Gasteiger partial charge is 0.313 e. The minimum Gasteiger partial charge on any atom is -0.402 e. The van der Waals surface area contributed by atoms with Crippen molar-refractivity contribution in [3.05, 3.63) is 89.4 Å². The zero-order valence-corrected chi connectivity index (χ0v) is 15.6. The van der Waals surface area contributed by atoms with Gasteiger partial charge in [0.1, 0.15) is 0 Å². The molecule has 0 atom stereocenters. The van der Waals surface area contributed by atoms with Crippen molar-refractivity contribution in [1.82, 2.24) is 0 Å². The van der Waals surface area contributed by atoms with Gasteiger partial charge >= 0.3 is 5.97 Å². The van der Waals surface area contributed by atoms with Crippen LogP contribution in [0.25, 0.3) is 0 Å². The van der Waals surface area contributed by atoms with Crippen molar-refractivity contribution in [2.75, 3.05) is 0 Å². The molecule has 4 heteroatoms. The van der Waals surface area contributed by atoms with Crippen LogP contribution in [-0.4, -0.2) is 5.97 Å². The van der Waals surface area contributed by atoms with Crippen LogP contribution in [0.2, 0.25) is 0 Å². The van der Waals surface area contributed by atoms with E-state index in [2.05, 4.69) is 15.9 Å². The van der Waals surface area contributed by atoms with Crippen molar-refractivity contribution < 1.29 is 8.98 Å². The van der Waals surface area contributed by atoms with Crippen LogP contribution in [0.3, 0.4) is 0 Å². The van der Waals surface area contributed by atoms with E-state index < -0.39 is 10.3 Å². The van der Waals surface area contributed by atoms with E-state index >= 15 is 0 Å². The number of rotatable bonds is 4. The number of halogens is 1. The molecule has 0 bridgehead atoms. The Morgan fingerprint density at radius 2 is 1.17 bits per heavy atom. The third-order valence-electron chi connectivity index (χ3n) is 3.54. The predicted molar refractivity (Wildman–Crippen MR) is 101 cm³/mol. The van der Waals surface area contributed by atoms with Gasteiger partial charge in [0.25, 0.3) is 0 Å². The molecule has 0 spiro atoms. The highest BCUT2D eigenvalue weighted by Gasteiger charge is 2.34. The molecule has 0 aliphatic rings. The van der Waals surface area contributed by atoms with Crippen molar-refractivity contribution in [2.45, 2.75) is 21.6 Å². The molecular weight excluding hydrogens is 384 g/mol. The zero-order chi connectivity index (χ0) is 17.0. The van der Waals surface area contributed by atoms with Crippen molar-refractivity contribution in [1.29, 1.82) is 0 Å². The third kappa shape index (κ3) is 3.25. The van der Waals surface area contributed by atoms with Crippen LogP contribution in [-0.2, 0) is 8.98 Å². The molecule has 0 aromatic heterocycles. The summed E-state index contributed by atoms with van der Waals surface area (Å²) < 4.78 is 7.05. The Kier molecular flexibility index (Phi) is 5.07. The first-order valence-electron chi connectivity index (χ1n) is 7.52. The lowest BCUT2D eigenvalue weighted by Crippen LogP contribution is -2.11. The fourth-order valence-electron chi connectivity index (χ4n) is 2.58. The second-order valence-electron chi connectivity index (χ2n) is 5.21. The lowest BCUT2D eigenvalue weighted by atomic mass is 10.4. The molecule has 0 radical (unpaired) electrons. The van der Waals surface area contributed by atoms with E-state index in [4.69, 9.17) is 4.18 Å². The molecule has 0 saturated heterocycles. The average molecular weight is 401 g/mol. The largest absolute Gasteiger partial charge is 0.402 e. The summed E-state index contributed by atoms with van der Waals surface area (Å²) in [6.45, 7) is 1.46. The molecule has 122 valence electrons. The van der Waals surface area contributed by atoms with Crippen molar-refractivity contribution in [2.24, 2.45) is 0 Å². The van der Waals surface area contributed by atoms with E-state index in [1.165, 1.54) is 6.92 Å². The van der Waals surface area contributed by atoms with Gasteiger partial charge in [0.05, 0.1) is 0 Å². The van der Waals surface area contributed by atoms with Gasteiger partial charge in [-0.25, -0.2) is 0 Å². The molecule has 3 rings (SSSR count). The van der Waals surface area contributed by atoms with Gasteiger partial charge in [0.2, 0.25) is 0 Å². The van der Waals surface area contributed by atoms with Crippen LogP contribution in [0.15, 0.2) is 104 Å². The highest BCUT2D eigenvalue weighted by atomic mass is 79.9. The van der Waals surface area contributed by atoms with E-state index in [-0.39, 0.29) is 5.97 Å². The topological polar surface area (TPSA) is 26.3 Å². The van der Waals surface area contributed by atoms with Gasteiger partial charge in [-0.15, -0.1) is 0 Å². The summed E-state index contributed by atoms with van der Waals surface area (Å²) in [6, 6.07) is 27.9. The van der Waals surface area contributed by atoms with Crippen LogP contribution in [0.4, 0.5) is 0 Å². The lowest BCUT2D eigenvalue weighted by Gasteiger charge is -2.39. The molecule has 0 aliphatic carbocycles. The van der Waals surface area contributed by atoms with Gasteiger partial charge in [-0.1, -0.05) is 52.3 Å². The number of hydrogen-bond acceptors (Lipinski definition) is 2. The van der Waals surface area contributed by atoms with E-state index in [0.29, 0.717) is 0 Å². The Morgan fingerprint density at radius 1 is 0.750 bits per heavy atom. The highest BCUT2D eigenvalue weighted by Crippen LogP contribution is 2.69. The normalized spacial score (nSPS) is 11.8. The Hall–Kier alpha value is -2.04. The maximum absolute atomic E-state index is 12.0. The number of benzene rings is 3. The molecule has 0 heterocycles. The van der Waals surface area contributed by atoms with Crippen LogP contribution in [0.5, 0.6) is 0 Å². The molecule has 3 aromatic rings. The average Bonchev–Trinajstić information content (AvgIpc) is 2.62. The van der Waals surface area contributed by atoms with Crippen LogP contribution in [0, 0.1) is 0 Å². The molecule has 0 saturated carbocycles. The van der Waals surface area contributed by atoms with Crippen LogP contribution >= 0.6 is 26.2 Å². The molecule has 0 fully saturated rings. The summed E-state index contributed by atoms with van der Waals surface area (Å²) in [4.78, 5) is 15.0. The summed E-state index contributed by atoms with van der Waals surface area (Å²) in [5, 5.41) is 0. The lowest BCUT2D eigenvalue weighted by molar-refractivity contribution is -0.131. The highest BCUT2D eigenvalue weighted by molar-refractivity contribution is 9.10. The molecular formula is C20H17BrO2S. The van der Waals surface area contributed by atoms with E-state index in [0.717, 1.165) is 19.2 Å². The Balaban J connectivity index is 2.32. The summed E-state index contributed by atoms with van der Waals surface area (Å²) in [6.07, 6.45) is 0. The number of hydrogen-bond donors (Lipinski definition) is 0. The molecule has 0 aliphatic heterocycles. The van der Waals surface area contributed by atoms with E-state index in [9.17, 15) is 4.79 Å². The minimum atomic E-state index is -2.12. The summed E-state index contributed by atoms with van der Waals surface area (Å²) in [7, 11) is -2.12. The first-order chi connectivity index (χ1) is 11.6. The number of carbonyl (C=O) groups excluding carboxylic acids is 1. The Bertz CT molecular complexity index is 778. The fourth-order valence-corrected chi connectivity index (χ4v) is 5.90. The quantitative estimate of drug-likeness (QED) is 0.520. The van der Waals surface area contributed by atoms with Crippen molar-refractivity contribution in [3.8, 4) is 0 Å². The molecule has 3 aromatic carbocycles. The monoisotopic (exact) mass is 400 g/mol. The van der Waals surface area contributed by atoms with Crippen molar-refractivity contribution >= 4 is 32.2 Å². The Morgan fingerprint density at radius 3 is 1.58 bits per heavy atom. The SMILES string of the molecule is CC(=O)OS(c1ccccc1)(c1ccccc1)c1ccc(Br)cc1. The standard InChI is InChI=1S/C20H17BrO2S/c1-16(22)23-24(18-8-4-2-5-9-18,19-10-6-3-7-11-19)20-14-12-17(21)13-15-20/h2-15H,1H3. The summed E-state index contributed by atoms with van der Waals surface area (Å²) in [5.74, 6) is -0.291. The van der Waals surface area contributed by atoms with Crippen molar-refractivity contribution in [3.63, 3.8) is 0 Å². The predicted octanol–water partition coefficient (Wildman–Crippen LogP) is 6.21. The Labute approximate surface area is 152 Å². The summed E-state index contributed by atoms with van der Waals surface area (Å²) in [5.41, 5.74) is 0. The van der Waals surface area contributed by atoms with E-state index in [1.807, 2.05) is 84.9 Å². The van der Waals surface area contributed by atoms with Gasteiger partial charge in [0, 0.05) is 26.1 Å². The first kappa shape index (κ1) is 16.8. The van der Waals surface area contributed by atoms with Gasteiger partial charge in [-0.3, -0.25) is 4.79 Å². The van der Waals surface area contributed by atoms with Gasteiger partial charge in [-0.2, -0.15) is 0 Å². The minimum absolute atomic E-state index is 0.291.